The first-order chi connectivity index (χ1) is 3.84. The van der Waals surface area contributed by atoms with Gasteiger partial charge in [0, 0.05) is 11.8 Å². The van der Waals surface area contributed by atoms with Crippen LogP contribution in [0.5, 0.6) is 0 Å². The molecule has 1 heterocycles. The second-order valence-electron chi connectivity index (χ2n) is 1.39. The zero-order valence-corrected chi connectivity index (χ0v) is 5.72. The molecule has 0 bridgehead atoms. The summed E-state index contributed by atoms with van der Waals surface area (Å²) in [6.45, 7) is 0. The van der Waals surface area contributed by atoms with Crippen LogP contribution in [0.15, 0.2) is 27.8 Å². The molecule has 2 N–H and O–H groups in total. The van der Waals surface area contributed by atoms with Gasteiger partial charge in [0.2, 0.25) is 0 Å². The van der Waals surface area contributed by atoms with Gasteiger partial charge in [-0.05, 0) is 11.1 Å². The maximum absolute atomic E-state index is 5.38. The van der Waals surface area contributed by atoms with Crippen LogP contribution in [0, 0.1) is 0 Å². The highest BCUT2D eigenvalue weighted by atomic mass is 79.9. The SMILES string of the molecule is NC1=NC=C/C1=C\Br. The number of amidine groups is 1. The molecule has 0 atom stereocenters. The highest BCUT2D eigenvalue weighted by molar-refractivity contribution is 9.11. The minimum atomic E-state index is 0.571. The first-order valence-electron chi connectivity index (χ1n) is 2.15. The summed E-state index contributed by atoms with van der Waals surface area (Å²) in [7, 11) is 0. The van der Waals surface area contributed by atoms with Crippen molar-refractivity contribution in [2.75, 3.05) is 0 Å². The van der Waals surface area contributed by atoms with Gasteiger partial charge >= 0.3 is 0 Å². The molecule has 1 aliphatic heterocycles. The van der Waals surface area contributed by atoms with E-state index in [0.717, 1.165) is 5.57 Å². The van der Waals surface area contributed by atoms with Crippen LogP contribution in [0.3, 0.4) is 0 Å². The predicted octanol–water partition coefficient (Wildman–Crippen LogP) is 1.15. The third-order valence-electron chi connectivity index (χ3n) is 0.881. The molecular weight excluding hydrogens is 168 g/mol. The number of rotatable bonds is 0. The zero-order valence-electron chi connectivity index (χ0n) is 4.13. The van der Waals surface area contributed by atoms with Crippen LogP contribution < -0.4 is 5.73 Å². The molecule has 0 aromatic rings. The van der Waals surface area contributed by atoms with E-state index >= 15 is 0 Å². The van der Waals surface area contributed by atoms with E-state index in [1.165, 1.54) is 0 Å². The van der Waals surface area contributed by atoms with Gasteiger partial charge in [-0.2, -0.15) is 0 Å². The topological polar surface area (TPSA) is 38.4 Å². The Morgan fingerprint density at radius 1 is 1.75 bits per heavy atom. The van der Waals surface area contributed by atoms with E-state index in [2.05, 4.69) is 20.9 Å². The average molecular weight is 173 g/mol. The van der Waals surface area contributed by atoms with Crippen molar-refractivity contribution in [2.24, 2.45) is 10.7 Å². The van der Waals surface area contributed by atoms with Gasteiger partial charge in [0.1, 0.15) is 5.84 Å². The Morgan fingerprint density at radius 3 is 2.75 bits per heavy atom. The van der Waals surface area contributed by atoms with Gasteiger partial charge in [-0.1, -0.05) is 15.9 Å². The van der Waals surface area contributed by atoms with E-state index in [9.17, 15) is 0 Å². The largest absolute Gasteiger partial charge is 0.383 e. The second-order valence-corrected chi connectivity index (χ2v) is 1.85. The van der Waals surface area contributed by atoms with Gasteiger partial charge in [0.05, 0.1) is 0 Å². The lowest BCUT2D eigenvalue weighted by Gasteiger charge is -1.87. The summed E-state index contributed by atoms with van der Waals surface area (Å²) in [5.41, 5.74) is 6.31. The quantitative estimate of drug-likeness (QED) is 0.586. The Balaban J connectivity index is 2.88. The van der Waals surface area contributed by atoms with Crippen molar-refractivity contribution in [3.8, 4) is 0 Å². The van der Waals surface area contributed by atoms with Crippen molar-refractivity contribution in [1.82, 2.24) is 0 Å². The van der Waals surface area contributed by atoms with Crippen molar-refractivity contribution in [3.05, 3.63) is 22.8 Å². The Morgan fingerprint density at radius 2 is 2.50 bits per heavy atom. The summed E-state index contributed by atoms with van der Waals surface area (Å²) < 4.78 is 0. The van der Waals surface area contributed by atoms with Crippen LogP contribution in [0.25, 0.3) is 0 Å². The predicted molar refractivity (Wildman–Crippen MR) is 37.8 cm³/mol. The Hall–Kier alpha value is -0.570. The lowest BCUT2D eigenvalue weighted by atomic mass is 10.3. The molecule has 0 saturated carbocycles. The van der Waals surface area contributed by atoms with E-state index in [-0.39, 0.29) is 0 Å². The molecular formula is C5H5BrN2. The van der Waals surface area contributed by atoms with Gasteiger partial charge < -0.3 is 5.73 Å². The summed E-state index contributed by atoms with van der Waals surface area (Å²) >= 11 is 3.14. The number of nitrogens with two attached hydrogens (primary N) is 1. The number of nitrogens with zero attached hydrogens (tertiary/aromatic N) is 1. The third-order valence-corrected chi connectivity index (χ3v) is 1.37. The van der Waals surface area contributed by atoms with E-state index in [1.54, 1.807) is 11.2 Å². The van der Waals surface area contributed by atoms with Crippen molar-refractivity contribution < 1.29 is 0 Å². The molecule has 1 aliphatic rings. The van der Waals surface area contributed by atoms with Gasteiger partial charge in [-0.15, -0.1) is 0 Å². The van der Waals surface area contributed by atoms with Crippen LogP contribution in [0.1, 0.15) is 0 Å². The number of halogens is 1. The molecule has 8 heavy (non-hydrogen) atoms. The fourth-order valence-electron chi connectivity index (χ4n) is 0.450. The molecule has 42 valence electrons. The standard InChI is InChI=1S/C5H5BrN2/c6-3-4-1-2-8-5(4)7/h1-3H,(H2,7,8)/b4-3+. The smallest absolute Gasteiger partial charge is 0.131 e. The van der Waals surface area contributed by atoms with E-state index < -0.39 is 0 Å². The van der Waals surface area contributed by atoms with Crippen LogP contribution in [-0.2, 0) is 0 Å². The van der Waals surface area contributed by atoms with Crippen molar-refractivity contribution in [1.29, 1.82) is 0 Å². The Kier molecular flexibility index (Phi) is 1.48. The minimum absolute atomic E-state index is 0.571. The van der Waals surface area contributed by atoms with E-state index in [4.69, 9.17) is 5.73 Å². The maximum atomic E-state index is 5.38. The zero-order chi connectivity index (χ0) is 5.98. The van der Waals surface area contributed by atoms with Crippen LogP contribution in [0.2, 0.25) is 0 Å². The molecule has 2 nitrogen and oxygen atoms in total. The molecule has 0 unspecified atom stereocenters. The van der Waals surface area contributed by atoms with Crippen molar-refractivity contribution in [2.45, 2.75) is 0 Å². The molecule has 0 spiro atoms. The summed E-state index contributed by atoms with van der Waals surface area (Å²) in [4.78, 5) is 5.55. The molecule has 0 aliphatic carbocycles. The number of hydrogen-bond donors (Lipinski definition) is 1. The molecule has 0 amide bonds. The minimum Gasteiger partial charge on any atom is -0.383 e. The highest BCUT2D eigenvalue weighted by Crippen LogP contribution is 2.06. The number of hydrogen-bond acceptors (Lipinski definition) is 2. The molecule has 1 rings (SSSR count). The van der Waals surface area contributed by atoms with Crippen LogP contribution in [-0.4, -0.2) is 5.84 Å². The molecule has 0 fully saturated rings. The molecule has 0 saturated heterocycles. The van der Waals surface area contributed by atoms with Gasteiger partial charge in [0.15, 0.2) is 0 Å². The maximum Gasteiger partial charge on any atom is 0.131 e. The number of aliphatic imine (C=N–C) groups is 1. The lowest BCUT2D eigenvalue weighted by molar-refractivity contribution is 1.56. The van der Waals surface area contributed by atoms with Crippen LogP contribution in [0.4, 0.5) is 0 Å². The van der Waals surface area contributed by atoms with Crippen molar-refractivity contribution in [3.63, 3.8) is 0 Å². The molecule has 0 radical (unpaired) electrons. The fraction of sp³-hybridized carbons (Fsp3) is 0. The fourth-order valence-corrected chi connectivity index (χ4v) is 0.837. The highest BCUT2D eigenvalue weighted by Gasteiger charge is 1.99. The Labute approximate surface area is 55.9 Å². The second kappa shape index (κ2) is 2.13. The van der Waals surface area contributed by atoms with E-state index in [0.29, 0.717) is 5.84 Å². The molecule has 3 heteroatoms. The van der Waals surface area contributed by atoms with Gasteiger partial charge in [0.25, 0.3) is 0 Å². The van der Waals surface area contributed by atoms with Gasteiger partial charge in [-0.25, -0.2) is 4.99 Å². The van der Waals surface area contributed by atoms with E-state index in [1.807, 2.05) is 6.08 Å². The van der Waals surface area contributed by atoms with Gasteiger partial charge in [-0.3, -0.25) is 0 Å². The van der Waals surface area contributed by atoms with Crippen LogP contribution >= 0.6 is 15.9 Å². The summed E-state index contributed by atoms with van der Waals surface area (Å²) in [5.74, 6) is 0.571. The lowest BCUT2D eigenvalue weighted by Crippen LogP contribution is -2.09. The monoisotopic (exact) mass is 172 g/mol. The molecule has 0 aromatic carbocycles. The molecule has 0 aromatic heterocycles. The first-order valence-corrected chi connectivity index (χ1v) is 3.07. The first kappa shape index (κ1) is 5.56. The summed E-state index contributed by atoms with van der Waals surface area (Å²) in [6, 6.07) is 0. The summed E-state index contributed by atoms with van der Waals surface area (Å²) in [5, 5.41) is 0. The Bertz CT molecular complexity index is 179. The summed E-state index contributed by atoms with van der Waals surface area (Å²) in [6.07, 6.45) is 3.51. The van der Waals surface area contributed by atoms with Crippen molar-refractivity contribution >= 4 is 21.8 Å². The average Bonchev–Trinajstić information content (AvgIpc) is 2.14. The third kappa shape index (κ3) is 0.816. The normalized spacial score (nSPS) is 22.1.